The van der Waals surface area contributed by atoms with Crippen LogP contribution in [0.4, 0.5) is 4.39 Å². The van der Waals surface area contributed by atoms with Crippen LogP contribution in [0.5, 0.6) is 0 Å². The monoisotopic (exact) mass is 354 g/mol. The van der Waals surface area contributed by atoms with Gasteiger partial charge in [-0.15, -0.1) is 16.4 Å². The van der Waals surface area contributed by atoms with Crippen molar-refractivity contribution in [2.24, 2.45) is 9.98 Å². The Kier molecular flexibility index (Phi) is 5.20. The van der Waals surface area contributed by atoms with Gasteiger partial charge in [-0.3, -0.25) is 9.98 Å². The molecule has 3 rings (SSSR count). The molecule has 0 atom stereocenters. The molecule has 0 unspecified atom stereocenters. The number of hydrogen-bond donors (Lipinski definition) is 0. The Labute approximate surface area is 148 Å². The number of aromatic nitrogens is 4. The maximum atomic E-state index is 14.0. The quantitative estimate of drug-likeness (QED) is 0.636. The van der Waals surface area contributed by atoms with Gasteiger partial charge >= 0.3 is 0 Å². The van der Waals surface area contributed by atoms with Gasteiger partial charge in [0.05, 0.1) is 17.8 Å². The maximum absolute atomic E-state index is 14.0. The summed E-state index contributed by atoms with van der Waals surface area (Å²) in [5.74, 6) is 0.734. The first kappa shape index (κ1) is 16.8. The van der Waals surface area contributed by atoms with Crippen molar-refractivity contribution in [3.05, 3.63) is 64.8 Å². The standard InChI is InChI=1S/C17H15FN6S/c1-12(20-8-7-19-2)17-22-16(15-10-25-11-21-15)23-24(17)9-13-5-3-4-6-14(13)18/h3-8,10-11H,2,9H2,1H3/b8-7-,20-12?. The third-order valence-electron chi connectivity index (χ3n) is 3.37. The van der Waals surface area contributed by atoms with Gasteiger partial charge in [-0.05, 0) is 19.7 Å². The van der Waals surface area contributed by atoms with Crippen molar-refractivity contribution in [1.29, 1.82) is 0 Å². The van der Waals surface area contributed by atoms with Crippen LogP contribution in [0.2, 0.25) is 0 Å². The summed E-state index contributed by atoms with van der Waals surface area (Å²) in [6, 6.07) is 6.58. The molecule has 0 aliphatic rings. The summed E-state index contributed by atoms with van der Waals surface area (Å²) in [5, 5.41) is 6.34. The van der Waals surface area contributed by atoms with Crippen LogP contribution >= 0.6 is 11.3 Å². The highest BCUT2D eigenvalue weighted by molar-refractivity contribution is 7.07. The zero-order chi connectivity index (χ0) is 17.6. The summed E-state index contributed by atoms with van der Waals surface area (Å²) in [7, 11) is 0. The lowest BCUT2D eigenvalue weighted by atomic mass is 10.2. The van der Waals surface area contributed by atoms with Crippen LogP contribution in [-0.4, -0.2) is 32.2 Å². The van der Waals surface area contributed by atoms with Crippen molar-refractivity contribution in [3.63, 3.8) is 0 Å². The molecule has 1 aromatic carbocycles. The van der Waals surface area contributed by atoms with Gasteiger partial charge < -0.3 is 0 Å². The second kappa shape index (κ2) is 7.71. The number of nitrogens with zero attached hydrogens (tertiary/aromatic N) is 6. The SMILES string of the molecule is C=N/C=C\N=C(C)c1nc(-c2cscn2)nn1Cc1ccccc1F. The Morgan fingerprint density at radius 1 is 1.36 bits per heavy atom. The summed E-state index contributed by atoms with van der Waals surface area (Å²) >= 11 is 1.46. The van der Waals surface area contributed by atoms with E-state index in [1.807, 2.05) is 5.38 Å². The summed E-state index contributed by atoms with van der Waals surface area (Å²) in [5.41, 5.74) is 3.54. The van der Waals surface area contributed by atoms with Crippen LogP contribution in [0.3, 0.4) is 0 Å². The fraction of sp³-hybridized carbons (Fsp3) is 0.118. The minimum absolute atomic E-state index is 0.245. The largest absolute Gasteiger partial charge is 0.271 e. The Balaban J connectivity index is 2.02. The summed E-state index contributed by atoms with van der Waals surface area (Å²) < 4.78 is 15.6. The minimum Gasteiger partial charge on any atom is -0.271 e. The molecule has 0 N–H and O–H groups in total. The van der Waals surface area contributed by atoms with Crippen molar-refractivity contribution in [2.45, 2.75) is 13.5 Å². The van der Waals surface area contributed by atoms with E-state index in [1.165, 1.54) is 29.8 Å². The molecule has 126 valence electrons. The van der Waals surface area contributed by atoms with Crippen molar-refractivity contribution < 1.29 is 4.39 Å². The van der Waals surface area contributed by atoms with Gasteiger partial charge in [0.15, 0.2) is 5.82 Å². The fourth-order valence-corrected chi connectivity index (χ4v) is 2.72. The molecule has 3 aromatic rings. The van der Waals surface area contributed by atoms with Gasteiger partial charge in [-0.1, -0.05) is 18.2 Å². The summed E-state index contributed by atoms with van der Waals surface area (Å²) in [6.07, 6.45) is 3.00. The second-order valence-electron chi connectivity index (χ2n) is 5.08. The van der Waals surface area contributed by atoms with Crippen LogP contribution < -0.4 is 0 Å². The molecule has 2 aromatic heterocycles. The normalized spacial score (nSPS) is 12.0. The van der Waals surface area contributed by atoms with Gasteiger partial charge in [-0.2, -0.15) is 0 Å². The maximum Gasteiger partial charge on any atom is 0.201 e. The molecule has 25 heavy (non-hydrogen) atoms. The lowest BCUT2D eigenvalue weighted by Crippen LogP contribution is -2.12. The Morgan fingerprint density at radius 3 is 2.92 bits per heavy atom. The lowest BCUT2D eigenvalue weighted by molar-refractivity contribution is 0.583. The highest BCUT2D eigenvalue weighted by atomic mass is 32.1. The molecule has 0 fully saturated rings. The van der Waals surface area contributed by atoms with Crippen molar-refractivity contribution in [1.82, 2.24) is 19.7 Å². The van der Waals surface area contributed by atoms with E-state index in [2.05, 4.69) is 31.8 Å². The molecule has 8 heteroatoms. The van der Waals surface area contributed by atoms with E-state index >= 15 is 0 Å². The van der Waals surface area contributed by atoms with E-state index < -0.39 is 0 Å². The first-order valence-corrected chi connectivity index (χ1v) is 8.35. The van der Waals surface area contributed by atoms with Gasteiger partial charge in [0, 0.05) is 23.3 Å². The fourth-order valence-electron chi connectivity index (χ4n) is 2.19. The van der Waals surface area contributed by atoms with Crippen molar-refractivity contribution in [2.75, 3.05) is 0 Å². The Hall–Kier alpha value is -3.00. The lowest BCUT2D eigenvalue weighted by Gasteiger charge is -2.06. The van der Waals surface area contributed by atoms with Crippen LogP contribution in [-0.2, 0) is 6.54 Å². The second-order valence-corrected chi connectivity index (χ2v) is 5.80. The smallest absolute Gasteiger partial charge is 0.201 e. The number of thiazole rings is 1. The molecule has 2 heterocycles. The number of aliphatic imine (C=N–C) groups is 2. The number of rotatable bonds is 6. The zero-order valence-electron chi connectivity index (χ0n) is 13.5. The Bertz CT molecular complexity index is 927. The molecule has 0 amide bonds. The molecule has 0 radical (unpaired) electrons. The van der Waals surface area contributed by atoms with E-state index in [4.69, 9.17) is 0 Å². The molecule has 0 aliphatic heterocycles. The van der Waals surface area contributed by atoms with E-state index in [9.17, 15) is 4.39 Å². The van der Waals surface area contributed by atoms with E-state index in [0.29, 0.717) is 28.6 Å². The first-order chi connectivity index (χ1) is 12.2. The molecule has 0 spiro atoms. The number of benzene rings is 1. The summed E-state index contributed by atoms with van der Waals surface area (Å²) in [4.78, 5) is 16.6. The predicted octanol–water partition coefficient (Wildman–Crippen LogP) is 3.57. The van der Waals surface area contributed by atoms with E-state index in [0.717, 1.165) is 0 Å². The van der Waals surface area contributed by atoms with Crippen LogP contribution in [0.25, 0.3) is 11.5 Å². The van der Waals surface area contributed by atoms with Gasteiger partial charge in [0.25, 0.3) is 0 Å². The van der Waals surface area contributed by atoms with Crippen molar-refractivity contribution in [3.8, 4) is 11.5 Å². The van der Waals surface area contributed by atoms with Gasteiger partial charge in [0.2, 0.25) is 5.82 Å². The molecule has 0 saturated heterocycles. The van der Waals surface area contributed by atoms with Gasteiger partial charge in [-0.25, -0.2) is 19.0 Å². The highest BCUT2D eigenvalue weighted by Crippen LogP contribution is 2.17. The molecule has 0 saturated carbocycles. The first-order valence-electron chi connectivity index (χ1n) is 7.41. The number of hydrogen-bond acceptors (Lipinski definition) is 6. The topological polar surface area (TPSA) is 68.3 Å². The predicted molar refractivity (Wildman–Crippen MR) is 97.5 cm³/mol. The summed E-state index contributed by atoms with van der Waals surface area (Å²) in [6.45, 7) is 5.41. The minimum atomic E-state index is -0.287. The molecular formula is C17H15FN6S. The molecular weight excluding hydrogens is 339 g/mol. The average molecular weight is 354 g/mol. The van der Waals surface area contributed by atoms with Crippen LogP contribution in [0, 0.1) is 5.82 Å². The highest BCUT2D eigenvalue weighted by Gasteiger charge is 2.16. The third kappa shape index (κ3) is 3.92. The molecule has 6 nitrogen and oxygen atoms in total. The molecule has 0 bridgehead atoms. The molecule has 0 aliphatic carbocycles. The van der Waals surface area contributed by atoms with Crippen molar-refractivity contribution >= 4 is 23.8 Å². The van der Waals surface area contributed by atoms with Gasteiger partial charge in [0.1, 0.15) is 11.5 Å². The zero-order valence-corrected chi connectivity index (χ0v) is 14.3. The average Bonchev–Trinajstić information content (AvgIpc) is 3.26. The van der Waals surface area contributed by atoms with Crippen LogP contribution in [0.1, 0.15) is 18.3 Å². The number of halogens is 1. The third-order valence-corrected chi connectivity index (χ3v) is 3.96. The van der Waals surface area contributed by atoms with Crippen LogP contribution in [0.15, 0.2) is 57.5 Å². The van der Waals surface area contributed by atoms with E-state index in [1.54, 1.807) is 35.3 Å². The Morgan fingerprint density at radius 2 is 2.20 bits per heavy atom. The van der Waals surface area contributed by atoms with E-state index in [-0.39, 0.29) is 12.4 Å².